The van der Waals surface area contributed by atoms with Crippen molar-refractivity contribution in [1.82, 2.24) is 5.32 Å². The first-order valence-corrected chi connectivity index (χ1v) is 8.00. The second-order valence-electron chi connectivity index (χ2n) is 6.09. The van der Waals surface area contributed by atoms with Crippen LogP contribution in [0.2, 0.25) is 0 Å². The molecule has 0 spiro atoms. The van der Waals surface area contributed by atoms with Gasteiger partial charge in [-0.1, -0.05) is 43.9 Å². The molecule has 1 heterocycles. The van der Waals surface area contributed by atoms with E-state index in [-0.39, 0.29) is 11.6 Å². The van der Waals surface area contributed by atoms with Gasteiger partial charge in [0.15, 0.2) is 0 Å². The zero-order valence-corrected chi connectivity index (χ0v) is 13.0. The lowest BCUT2D eigenvalue weighted by Crippen LogP contribution is -2.44. The molecule has 0 amide bonds. The highest BCUT2D eigenvalue weighted by Gasteiger charge is 2.41. The van der Waals surface area contributed by atoms with E-state index >= 15 is 0 Å². The normalized spacial score (nSPS) is 20.3. The lowest BCUT2D eigenvalue weighted by atomic mass is 9.84. The summed E-state index contributed by atoms with van der Waals surface area (Å²) >= 11 is 0. The molecule has 21 heavy (non-hydrogen) atoms. The fourth-order valence-electron chi connectivity index (χ4n) is 3.75. The largest absolute Gasteiger partial charge is 0.459 e. The van der Waals surface area contributed by atoms with Gasteiger partial charge in [0.2, 0.25) is 0 Å². The van der Waals surface area contributed by atoms with Gasteiger partial charge in [0.05, 0.1) is 11.6 Å². The average molecular weight is 287 g/mol. The molecule has 1 unspecified atom stereocenters. The Bertz CT molecular complexity index is 549. The molecule has 1 N–H and O–H groups in total. The van der Waals surface area contributed by atoms with Crippen LogP contribution in [0.5, 0.6) is 0 Å². The third-order valence-electron chi connectivity index (χ3n) is 4.90. The number of fused-ring (bicyclic) bond motifs is 1. The number of rotatable bonds is 4. The lowest BCUT2D eigenvalue weighted by Gasteiger charge is -2.38. The smallest absolute Gasteiger partial charge is 0.134 e. The minimum Gasteiger partial charge on any atom is -0.459 e. The number of benzene rings is 1. The lowest BCUT2D eigenvalue weighted by molar-refractivity contribution is -0.0568. The van der Waals surface area contributed by atoms with E-state index < -0.39 is 0 Å². The molecule has 1 aromatic carbocycles. The minimum atomic E-state index is -0.154. The second kappa shape index (κ2) is 6.20. The molecule has 1 aromatic heterocycles. The summed E-state index contributed by atoms with van der Waals surface area (Å²) in [6.45, 7) is 0. The van der Waals surface area contributed by atoms with Crippen molar-refractivity contribution in [3.05, 3.63) is 36.1 Å². The molecule has 2 aromatic rings. The number of likely N-dealkylation sites (N-methyl/N-ethyl adjacent to an activating group) is 1. The van der Waals surface area contributed by atoms with Gasteiger partial charge >= 0.3 is 0 Å². The van der Waals surface area contributed by atoms with Crippen molar-refractivity contribution in [3.8, 4) is 0 Å². The maximum Gasteiger partial charge on any atom is 0.134 e. The summed E-state index contributed by atoms with van der Waals surface area (Å²) in [5.74, 6) is 0.988. The van der Waals surface area contributed by atoms with E-state index in [1.165, 1.54) is 25.7 Å². The van der Waals surface area contributed by atoms with E-state index in [1.54, 1.807) is 0 Å². The summed E-state index contributed by atoms with van der Waals surface area (Å²) in [7, 11) is 3.85. The van der Waals surface area contributed by atoms with E-state index in [9.17, 15) is 0 Å². The van der Waals surface area contributed by atoms with Crippen molar-refractivity contribution < 1.29 is 9.15 Å². The molecule has 0 aliphatic heterocycles. The van der Waals surface area contributed by atoms with Crippen LogP contribution in [-0.4, -0.2) is 19.8 Å². The molecule has 3 nitrogen and oxygen atoms in total. The predicted molar refractivity (Wildman–Crippen MR) is 85.5 cm³/mol. The minimum absolute atomic E-state index is 0.105. The fraction of sp³-hybridized carbons (Fsp3) is 0.556. The Balaban J connectivity index is 1.98. The van der Waals surface area contributed by atoms with Gasteiger partial charge < -0.3 is 14.5 Å². The van der Waals surface area contributed by atoms with Crippen LogP contribution in [-0.2, 0) is 4.74 Å². The molecule has 0 saturated heterocycles. The van der Waals surface area contributed by atoms with Crippen molar-refractivity contribution in [1.29, 1.82) is 0 Å². The SMILES string of the molecule is CNC(c1cc2ccccc2o1)C1(OC)CCCCCC1. The van der Waals surface area contributed by atoms with E-state index in [0.29, 0.717) is 0 Å². The van der Waals surface area contributed by atoms with Crippen molar-refractivity contribution in [2.75, 3.05) is 14.2 Å². The van der Waals surface area contributed by atoms with Gasteiger partial charge in [-0.2, -0.15) is 0 Å². The summed E-state index contributed by atoms with van der Waals surface area (Å²) in [4.78, 5) is 0. The van der Waals surface area contributed by atoms with Crippen LogP contribution in [0.4, 0.5) is 0 Å². The number of methoxy groups -OCH3 is 1. The van der Waals surface area contributed by atoms with Crippen LogP contribution in [0.1, 0.15) is 50.3 Å². The standard InChI is InChI=1S/C18H25NO2/c1-19-17(18(20-2)11-7-3-4-8-12-18)16-13-14-9-5-6-10-15(14)21-16/h5-6,9-10,13,17,19H,3-4,7-8,11-12H2,1-2H3. The number of hydrogen-bond acceptors (Lipinski definition) is 3. The first-order valence-electron chi connectivity index (χ1n) is 8.00. The third kappa shape index (κ3) is 2.72. The topological polar surface area (TPSA) is 34.4 Å². The van der Waals surface area contributed by atoms with Crippen molar-refractivity contribution in [2.24, 2.45) is 0 Å². The van der Waals surface area contributed by atoms with Gasteiger partial charge in [0.25, 0.3) is 0 Å². The predicted octanol–water partition coefficient (Wildman–Crippen LogP) is 4.43. The highest BCUT2D eigenvalue weighted by molar-refractivity contribution is 5.77. The van der Waals surface area contributed by atoms with Gasteiger partial charge in [-0.3, -0.25) is 0 Å². The van der Waals surface area contributed by atoms with Gasteiger partial charge in [0.1, 0.15) is 11.3 Å². The maximum absolute atomic E-state index is 6.10. The Kier molecular flexibility index (Phi) is 4.32. The van der Waals surface area contributed by atoms with E-state index in [4.69, 9.17) is 9.15 Å². The van der Waals surface area contributed by atoms with Gasteiger partial charge in [-0.15, -0.1) is 0 Å². The van der Waals surface area contributed by atoms with Crippen LogP contribution in [0.15, 0.2) is 34.7 Å². The molecule has 3 heteroatoms. The van der Waals surface area contributed by atoms with Crippen LogP contribution in [0, 0.1) is 0 Å². The maximum atomic E-state index is 6.10. The molecule has 0 radical (unpaired) electrons. The Morgan fingerprint density at radius 2 is 1.86 bits per heavy atom. The van der Waals surface area contributed by atoms with E-state index in [0.717, 1.165) is 29.6 Å². The Morgan fingerprint density at radius 3 is 2.48 bits per heavy atom. The van der Waals surface area contributed by atoms with Gasteiger partial charge in [-0.25, -0.2) is 0 Å². The zero-order valence-electron chi connectivity index (χ0n) is 13.0. The first kappa shape index (κ1) is 14.6. The summed E-state index contributed by atoms with van der Waals surface area (Å²) in [5, 5.41) is 4.61. The molecule has 1 aliphatic carbocycles. The van der Waals surface area contributed by atoms with Crippen LogP contribution in [0.3, 0.4) is 0 Å². The number of hydrogen-bond donors (Lipinski definition) is 1. The van der Waals surface area contributed by atoms with E-state index in [1.807, 2.05) is 32.4 Å². The Labute approximate surface area is 126 Å². The number of nitrogens with one attached hydrogen (secondary N) is 1. The second-order valence-corrected chi connectivity index (χ2v) is 6.09. The third-order valence-corrected chi connectivity index (χ3v) is 4.90. The molecule has 3 rings (SSSR count). The van der Waals surface area contributed by atoms with Crippen molar-refractivity contribution in [2.45, 2.75) is 50.2 Å². The molecule has 1 saturated carbocycles. The molecule has 114 valence electrons. The van der Waals surface area contributed by atoms with E-state index in [2.05, 4.69) is 17.4 Å². The molecule has 1 aliphatic rings. The van der Waals surface area contributed by atoms with Crippen LogP contribution >= 0.6 is 0 Å². The van der Waals surface area contributed by atoms with Crippen LogP contribution < -0.4 is 5.32 Å². The summed E-state index contributed by atoms with van der Waals surface area (Å²) in [5.41, 5.74) is 0.798. The zero-order chi connectivity index (χ0) is 14.7. The fourth-order valence-corrected chi connectivity index (χ4v) is 3.75. The number of ether oxygens (including phenoxy) is 1. The molecular weight excluding hydrogens is 262 g/mol. The quantitative estimate of drug-likeness (QED) is 0.845. The highest BCUT2D eigenvalue weighted by atomic mass is 16.5. The van der Waals surface area contributed by atoms with Gasteiger partial charge in [-0.05, 0) is 32.0 Å². The van der Waals surface area contributed by atoms with Crippen LogP contribution in [0.25, 0.3) is 11.0 Å². The molecule has 1 fully saturated rings. The summed E-state index contributed by atoms with van der Waals surface area (Å²) < 4.78 is 12.1. The van der Waals surface area contributed by atoms with Gasteiger partial charge in [0, 0.05) is 12.5 Å². The number of furan rings is 1. The monoisotopic (exact) mass is 287 g/mol. The highest BCUT2D eigenvalue weighted by Crippen LogP contribution is 2.41. The summed E-state index contributed by atoms with van der Waals surface area (Å²) in [6.07, 6.45) is 7.25. The molecule has 1 atom stereocenters. The Hall–Kier alpha value is -1.32. The first-order chi connectivity index (χ1) is 10.3. The molecule has 0 bridgehead atoms. The summed E-state index contributed by atoms with van der Waals surface area (Å²) in [6, 6.07) is 10.4. The Morgan fingerprint density at radius 1 is 1.14 bits per heavy atom. The van der Waals surface area contributed by atoms with Crippen molar-refractivity contribution >= 4 is 11.0 Å². The molecular formula is C18H25NO2. The average Bonchev–Trinajstić information content (AvgIpc) is 2.78. The van der Waals surface area contributed by atoms with Crippen molar-refractivity contribution in [3.63, 3.8) is 0 Å². The number of para-hydroxylation sites is 1.